The molecule has 1 fully saturated rings. The number of nitrogens with one attached hydrogen (secondary N) is 1. The van der Waals surface area contributed by atoms with Crippen LogP contribution in [0.15, 0.2) is 35.5 Å². The molecule has 0 bridgehead atoms. The Morgan fingerprint density at radius 2 is 2.10 bits per heavy atom. The van der Waals surface area contributed by atoms with Gasteiger partial charge in [-0.05, 0) is 64.8 Å². The van der Waals surface area contributed by atoms with Gasteiger partial charge in [-0.25, -0.2) is 4.98 Å². The van der Waals surface area contributed by atoms with E-state index in [1.807, 2.05) is 38.5 Å². The molecule has 0 atom stereocenters. The predicted molar refractivity (Wildman–Crippen MR) is 125 cm³/mol. The molecule has 3 heterocycles. The molecule has 4 rings (SSSR count). The molecular weight excluding hydrogens is 412 g/mol. The number of nitrogens with zero attached hydrogens (tertiary/aromatic N) is 5. The quantitative estimate of drug-likeness (QED) is 0.740. The molecule has 1 aromatic carbocycles. The molecule has 1 aromatic heterocycles. The topological polar surface area (TPSA) is 65.9 Å². The SMILES string of the molecule is CN(C)CCOc1ncc2c(n1)CC1(CCN(C)CC1)C(=NCc1cccc(Cl)c1)N2. The van der Waals surface area contributed by atoms with Crippen LogP contribution in [0, 0.1) is 5.41 Å². The molecule has 166 valence electrons. The van der Waals surface area contributed by atoms with Gasteiger partial charge in [0.25, 0.3) is 0 Å². The minimum atomic E-state index is -0.0344. The van der Waals surface area contributed by atoms with Crippen LogP contribution < -0.4 is 10.1 Å². The Bertz CT molecular complexity index is 939. The van der Waals surface area contributed by atoms with Crippen molar-refractivity contribution in [3.8, 4) is 6.01 Å². The van der Waals surface area contributed by atoms with Crippen LogP contribution in [0.4, 0.5) is 5.69 Å². The van der Waals surface area contributed by atoms with Crippen molar-refractivity contribution in [1.29, 1.82) is 0 Å². The third-order valence-corrected chi connectivity index (χ3v) is 6.36. The lowest BCUT2D eigenvalue weighted by Gasteiger charge is -2.44. The summed E-state index contributed by atoms with van der Waals surface area (Å²) in [6.07, 6.45) is 4.77. The molecule has 2 aliphatic rings. The smallest absolute Gasteiger partial charge is 0.316 e. The van der Waals surface area contributed by atoms with Gasteiger partial charge in [-0.1, -0.05) is 23.7 Å². The Morgan fingerprint density at radius 1 is 1.29 bits per heavy atom. The summed E-state index contributed by atoms with van der Waals surface area (Å²) in [5.41, 5.74) is 3.01. The van der Waals surface area contributed by atoms with Crippen LogP contribution in [-0.4, -0.2) is 73.0 Å². The lowest BCUT2D eigenvalue weighted by atomic mass is 9.71. The molecule has 0 unspecified atom stereocenters. The number of aliphatic imine (C=N–C) groups is 1. The minimum Gasteiger partial charge on any atom is -0.462 e. The van der Waals surface area contributed by atoms with Crippen molar-refractivity contribution < 1.29 is 4.74 Å². The lowest BCUT2D eigenvalue weighted by molar-refractivity contribution is 0.176. The number of anilines is 1. The maximum absolute atomic E-state index is 6.16. The fourth-order valence-corrected chi connectivity index (χ4v) is 4.38. The van der Waals surface area contributed by atoms with Crippen molar-refractivity contribution in [1.82, 2.24) is 19.8 Å². The molecule has 1 spiro atoms. The van der Waals surface area contributed by atoms with Crippen LogP contribution in [0.2, 0.25) is 5.02 Å². The number of likely N-dealkylation sites (tertiary alicyclic amines) is 1. The molecule has 0 radical (unpaired) electrons. The van der Waals surface area contributed by atoms with E-state index in [1.165, 1.54) is 0 Å². The predicted octanol–water partition coefficient (Wildman–Crippen LogP) is 3.35. The van der Waals surface area contributed by atoms with E-state index in [4.69, 9.17) is 26.3 Å². The Kier molecular flexibility index (Phi) is 6.74. The van der Waals surface area contributed by atoms with E-state index in [-0.39, 0.29) is 5.41 Å². The van der Waals surface area contributed by atoms with Gasteiger partial charge >= 0.3 is 6.01 Å². The van der Waals surface area contributed by atoms with E-state index in [2.05, 4.69) is 33.2 Å². The molecular formula is C23H31ClN6O. The van der Waals surface area contributed by atoms with Gasteiger partial charge in [-0.2, -0.15) is 4.98 Å². The summed E-state index contributed by atoms with van der Waals surface area (Å²) in [5, 5.41) is 4.31. The van der Waals surface area contributed by atoms with Gasteiger partial charge in [0.1, 0.15) is 12.4 Å². The molecule has 1 N–H and O–H groups in total. The average molecular weight is 443 g/mol. The van der Waals surface area contributed by atoms with E-state index in [0.29, 0.717) is 19.2 Å². The molecule has 0 amide bonds. The summed E-state index contributed by atoms with van der Waals surface area (Å²) in [6, 6.07) is 8.35. The van der Waals surface area contributed by atoms with E-state index in [9.17, 15) is 0 Å². The zero-order valence-electron chi connectivity index (χ0n) is 18.6. The van der Waals surface area contributed by atoms with Crippen molar-refractivity contribution in [3.05, 3.63) is 46.7 Å². The Hall–Kier alpha value is -2.22. The minimum absolute atomic E-state index is 0.0344. The summed E-state index contributed by atoms with van der Waals surface area (Å²) in [5.74, 6) is 1.04. The molecule has 8 heteroatoms. The number of fused-ring (bicyclic) bond motifs is 1. The van der Waals surface area contributed by atoms with Gasteiger partial charge in [0.15, 0.2) is 0 Å². The molecule has 0 aliphatic carbocycles. The number of likely N-dealkylation sites (N-methyl/N-ethyl adjacent to an activating group) is 1. The number of hydrogen-bond acceptors (Lipinski definition) is 6. The van der Waals surface area contributed by atoms with E-state index in [0.717, 1.165) is 66.7 Å². The number of amidine groups is 1. The van der Waals surface area contributed by atoms with E-state index in [1.54, 1.807) is 0 Å². The molecule has 7 nitrogen and oxygen atoms in total. The van der Waals surface area contributed by atoms with Gasteiger partial charge in [0.05, 0.1) is 24.1 Å². The fraction of sp³-hybridized carbons (Fsp3) is 0.522. The van der Waals surface area contributed by atoms with Gasteiger partial charge in [0, 0.05) is 23.4 Å². The summed E-state index contributed by atoms with van der Waals surface area (Å²) >= 11 is 6.16. The highest BCUT2D eigenvalue weighted by Crippen LogP contribution is 2.41. The van der Waals surface area contributed by atoms with Gasteiger partial charge in [-0.3, -0.25) is 4.99 Å². The first-order chi connectivity index (χ1) is 14.9. The lowest BCUT2D eigenvalue weighted by Crippen LogP contribution is -2.49. The average Bonchev–Trinajstić information content (AvgIpc) is 2.74. The number of aromatic nitrogens is 2. The Labute approximate surface area is 189 Å². The van der Waals surface area contributed by atoms with Crippen LogP contribution in [0.25, 0.3) is 0 Å². The second-order valence-corrected chi connectivity index (χ2v) is 9.28. The van der Waals surface area contributed by atoms with Crippen molar-refractivity contribution in [2.75, 3.05) is 52.7 Å². The normalized spacial score (nSPS) is 19.5. The first kappa shape index (κ1) is 22.0. The van der Waals surface area contributed by atoms with Crippen LogP contribution in [-0.2, 0) is 13.0 Å². The fourth-order valence-electron chi connectivity index (χ4n) is 4.16. The molecule has 2 aromatic rings. The third-order valence-electron chi connectivity index (χ3n) is 6.13. The molecule has 0 saturated carbocycles. The van der Waals surface area contributed by atoms with Gasteiger partial charge in [-0.15, -0.1) is 0 Å². The van der Waals surface area contributed by atoms with Crippen LogP contribution in [0.3, 0.4) is 0 Å². The summed E-state index contributed by atoms with van der Waals surface area (Å²) in [6.45, 7) is 4.09. The maximum atomic E-state index is 6.16. The standard InChI is InChI=1S/C23H31ClN6O/c1-29(2)11-12-31-22-26-16-20-19(28-22)14-23(7-9-30(3)10-8-23)21(27-20)25-15-17-5-4-6-18(24)13-17/h4-6,13,16H,7-12,14-15H2,1-3H3,(H,25,27). The third kappa shape index (κ3) is 5.34. The largest absolute Gasteiger partial charge is 0.462 e. The number of hydrogen-bond donors (Lipinski definition) is 1. The second kappa shape index (κ2) is 9.51. The van der Waals surface area contributed by atoms with E-state index < -0.39 is 0 Å². The monoisotopic (exact) mass is 442 g/mol. The first-order valence-electron chi connectivity index (χ1n) is 10.8. The van der Waals surface area contributed by atoms with Gasteiger partial charge < -0.3 is 19.9 Å². The van der Waals surface area contributed by atoms with Crippen molar-refractivity contribution in [3.63, 3.8) is 0 Å². The maximum Gasteiger partial charge on any atom is 0.316 e. The molecule has 1 saturated heterocycles. The highest BCUT2D eigenvalue weighted by atomic mass is 35.5. The number of halogens is 1. The summed E-state index contributed by atoms with van der Waals surface area (Å²) in [4.78, 5) is 18.6. The number of rotatable bonds is 6. The van der Waals surface area contributed by atoms with Gasteiger partial charge in [0.2, 0.25) is 0 Å². The number of piperidine rings is 1. The second-order valence-electron chi connectivity index (χ2n) is 8.84. The zero-order chi connectivity index (χ0) is 21.8. The van der Waals surface area contributed by atoms with Crippen molar-refractivity contribution in [2.45, 2.75) is 25.8 Å². The molecule has 2 aliphatic heterocycles. The van der Waals surface area contributed by atoms with Crippen LogP contribution in [0.5, 0.6) is 6.01 Å². The van der Waals surface area contributed by atoms with E-state index >= 15 is 0 Å². The zero-order valence-corrected chi connectivity index (χ0v) is 19.3. The number of ether oxygens (including phenoxy) is 1. The summed E-state index contributed by atoms with van der Waals surface area (Å²) < 4.78 is 5.78. The Morgan fingerprint density at radius 3 is 2.84 bits per heavy atom. The first-order valence-corrected chi connectivity index (χ1v) is 11.2. The highest BCUT2D eigenvalue weighted by molar-refractivity contribution is 6.30. The van der Waals surface area contributed by atoms with Crippen LogP contribution in [0.1, 0.15) is 24.1 Å². The van der Waals surface area contributed by atoms with Crippen LogP contribution >= 0.6 is 11.6 Å². The van der Waals surface area contributed by atoms with Crippen molar-refractivity contribution in [2.24, 2.45) is 10.4 Å². The summed E-state index contributed by atoms with van der Waals surface area (Å²) in [7, 11) is 6.23. The highest BCUT2D eigenvalue weighted by Gasteiger charge is 2.43. The molecule has 31 heavy (non-hydrogen) atoms. The number of benzene rings is 1. The van der Waals surface area contributed by atoms with Crippen molar-refractivity contribution >= 4 is 23.1 Å². The Balaban J connectivity index is 1.58.